The molecule has 0 spiro atoms. The predicted octanol–water partition coefficient (Wildman–Crippen LogP) is 5.70. The Kier molecular flexibility index (Phi) is 27.7. The van der Waals surface area contributed by atoms with Gasteiger partial charge in [0.2, 0.25) is 35.4 Å². The van der Waals surface area contributed by atoms with Crippen LogP contribution in [0, 0.1) is 24.0 Å². The Bertz CT molecular complexity index is 1390. The van der Waals surface area contributed by atoms with E-state index in [4.69, 9.17) is 0 Å². The van der Waals surface area contributed by atoms with Gasteiger partial charge in [-0.3, -0.25) is 39.4 Å². The monoisotopic (exact) mass is 882 g/mol. The molecule has 286 valence electrons. The van der Waals surface area contributed by atoms with E-state index in [1.165, 1.54) is 36.1 Å². The summed E-state index contributed by atoms with van der Waals surface area (Å²) in [5.74, 6) is -1.23. The zero-order valence-electron chi connectivity index (χ0n) is 31.8. The first-order valence-corrected chi connectivity index (χ1v) is 16.6. The molecule has 2 N–H and O–H groups in total. The van der Waals surface area contributed by atoms with Crippen molar-refractivity contribution in [3.8, 4) is 0 Å². The van der Waals surface area contributed by atoms with E-state index in [1.807, 2.05) is 27.7 Å². The topological polar surface area (TPSA) is 167 Å². The maximum absolute atomic E-state index is 12.2. The van der Waals surface area contributed by atoms with E-state index in [1.54, 1.807) is 12.1 Å². The van der Waals surface area contributed by atoms with Gasteiger partial charge < -0.3 is 31.2 Å². The van der Waals surface area contributed by atoms with E-state index in [0.717, 1.165) is 9.80 Å². The van der Waals surface area contributed by atoms with E-state index in [2.05, 4.69) is 64.3 Å². The molecule has 2 saturated heterocycles. The first-order valence-electron chi connectivity index (χ1n) is 16.6. The summed E-state index contributed by atoms with van der Waals surface area (Å²) in [6.45, 7) is 20.5. The summed E-state index contributed by atoms with van der Waals surface area (Å²) in [7, 11) is 0. The zero-order chi connectivity index (χ0) is 38.3. The molecule has 8 amide bonds. The summed E-state index contributed by atoms with van der Waals surface area (Å²) in [5, 5.41) is 4.28. The molecule has 0 bridgehead atoms. The first kappa shape index (κ1) is 54.6. The molecule has 12 nitrogen and oxygen atoms in total. The third-order valence-corrected chi connectivity index (χ3v) is 6.52. The van der Waals surface area contributed by atoms with Gasteiger partial charge in [-0.25, -0.2) is 0 Å². The molecule has 4 heterocycles. The molecule has 0 aromatic heterocycles. The van der Waals surface area contributed by atoms with Crippen LogP contribution >= 0.6 is 0 Å². The van der Waals surface area contributed by atoms with E-state index in [9.17, 15) is 38.4 Å². The molecule has 2 fully saturated rings. The summed E-state index contributed by atoms with van der Waals surface area (Å²) >= 11 is 0. The van der Waals surface area contributed by atoms with Crippen LogP contribution in [0.4, 0.5) is 0 Å². The number of hydrogen-bond acceptors (Lipinski definition) is 8. The molecule has 14 heteroatoms. The van der Waals surface area contributed by atoms with Gasteiger partial charge in [0, 0.05) is 78.3 Å². The van der Waals surface area contributed by atoms with Gasteiger partial charge >= 0.3 is 0 Å². The van der Waals surface area contributed by atoms with Crippen molar-refractivity contribution in [2.75, 3.05) is 0 Å². The van der Waals surface area contributed by atoms with Gasteiger partial charge in [-0.05, 0) is 24.0 Å². The van der Waals surface area contributed by atoms with Crippen molar-refractivity contribution >= 4 is 47.3 Å². The average molecular weight is 883 g/mol. The molecule has 0 saturated carbocycles. The third kappa shape index (κ3) is 15.1. The van der Waals surface area contributed by atoms with Crippen LogP contribution < -0.4 is 10.6 Å². The second-order valence-electron chi connectivity index (χ2n) is 11.8. The zero-order valence-corrected chi connectivity index (χ0v) is 37.4. The minimum atomic E-state index is -0.918. The summed E-state index contributed by atoms with van der Waals surface area (Å²) in [6.07, 6.45) is 0.563. The van der Waals surface area contributed by atoms with Crippen LogP contribution in [0.15, 0.2) is 36.4 Å². The van der Waals surface area contributed by atoms with E-state index < -0.39 is 47.5 Å². The van der Waals surface area contributed by atoms with Crippen LogP contribution in [-0.2, 0) is 84.6 Å². The third-order valence-electron chi connectivity index (χ3n) is 6.52. The van der Waals surface area contributed by atoms with Gasteiger partial charge in [0.1, 0.15) is 12.1 Å². The van der Waals surface area contributed by atoms with Gasteiger partial charge in [0.15, 0.2) is 11.8 Å². The Morgan fingerprint density at radius 2 is 0.849 bits per heavy atom. The molecule has 2 aromatic carbocycles. The second kappa shape index (κ2) is 26.9. The maximum atomic E-state index is 12.2. The number of amides is 8. The first-order chi connectivity index (χ1) is 23.6. The largest absolute Gasteiger partial charge is 0.327 e. The number of carbonyl (C=O) groups is 8. The van der Waals surface area contributed by atoms with Gasteiger partial charge in [-0.15, -0.1) is 48.5 Å². The average Bonchev–Trinajstić information content (AvgIpc) is 3.47. The standard InChI is InChI=1S/2C13H9N2O4.2C4H9.2C2H6.CH4.2Y/c2*16-10-6-5-9(11(17)14-10)15-12(18)7-3-1-2-4-8(7)13(15)19;2*1-4(2)3;2*1-2;;;/h2*1-3,9H,5-6H2,(H,14,16,17);2*1-3H3;2*1-2H3;1H4;;/q4*-1;;;;;. The van der Waals surface area contributed by atoms with Crippen molar-refractivity contribution in [2.24, 2.45) is 0 Å². The molecular formula is C39H52N4O8Y2-4. The molecule has 53 heavy (non-hydrogen) atoms. The Hall–Kier alpha value is -2.79. The second-order valence-corrected chi connectivity index (χ2v) is 11.8. The minimum absolute atomic E-state index is 0. The molecule has 6 rings (SSSR count). The molecule has 4 aliphatic heterocycles. The van der Waals surface area contributed by atoms with Crippen molar-refractivity contribution in [2.45, 2.75) is 114 Å². The smallest absolute Gasteiger partial charge is 0.249 e. The van der Waals surface area contributed by atoms with E-state index in [-0.39, 0.29) is 133 Å². The molecule has 2 atom stereocenters. The quantitative estimate of drug-likeness (QED) is 0.286. The van der Waals surface area contributed by atoms with Crippen molar-refractivity contribution in [3.05, 3.63) is 82.6 Å². The SMILES string of the molecule is C.CC.CC.C[C-](C)C.C[C-](C)C.O=C1CCC(N2C(=O)c3[c-]cccc3C2=O)C(=O)N1.O=C1CCC(N2C(=O)c3[c-]cccc3C2=O)C(=O)N1.[Y].[Y]. The van der Waals surface area contributed by atoms with Gasteiger partial charge in [-0.2, -0.15) is 41.5 Å². The van der Waals surface area contributed by atoms with Crippen molar-refractivity contribution in [1.29, 1.82) is 0 Å². The maximum Gasteiger partial charge on any atom is 0.249 e. The van der Waals surface area contributed by atoms with Crippen LogP contribution in [0.25, 0.3) is 0 Å². The van der Waals surface area contributed by atoms with E-state index in [0.29, 0.717) is 0 Å². The number of piperidine rings is 2. The Morgan fingerprint density at radius 1 is 0.566 bits per heavy atom. The normalized spacial score (nSPS) is 17.7. The number of benzene rings is 2. The van der Waals surface area contributed by atoms with Crippen molar-refractivity contribution in [1.82, 2.24) is 20.4 Å². The number of rotatable bonds is 2. The number of nitrogens with one attached hydrogen (secondary N) is 2. The number of nitrogens with zero attached hydrogens (tertiary/aromatic N) is 2. The van der Waals surface area contributed by atoms with Crippen LogP contribution in [0.5, 0.6) is 0 Å². The Labute approximate surface area is 365 Å². The van der Waals surface area contributed by atoms with Crippen molar-refractivity contribution < 1.29 is 104 Å². The summed E-state index contributed by atoms with van der Waals surface area (Å²) in [6, 6.07) is 12.9. The number of hydrogen-bond donors (Lipinski definition) is 2. The Morgan fingerprint density at radius 3 is 1.09 bits per heavy atom. The van der Waals surface area contributed by atoms with Gasteiger partial charge in [0.25, 0.3) is 0 Å². The van der Waals surface area contributed by atoms with Crippen LogP contribution in [0.1, 0.15) is 144 Å². The molecular weight excluding hydrogens is 830 g/mol. The fraction of sp³-hybridized carbons (Fsp3) is 0.436. The molecule has 4 aliphatic rings. The van der Waals surface area contributed by atoms with Gasteiger partial charge in [-0.1, -0.05) is 46.2 Å². The van der Waals surface area contributed by atoms with Crippen molar-refractivity contribution in [3.63, 3.8) is 0 Å². The van der Waals surface area contributed by atoms with E-state index >= 15 is 0 Å². The molecule has 2 aromatic rings. The summed E-state index contributed by atoms with van der Waals surface area (Å²) in [5.41, 5.74) is 0.851. The van der Waals surface area contributed by atoms with Crippen LogP contribution in [-0.4, -0.2) is 69.1 Å². The summed E-state index contributed by atoms with van der Waals surface area (Å²) in [4.78, 5) is 96.1. The number of imide groups is 4. The fourth-order valence-electron chi connectivity index (χ4n) is 4.69. The predicted molar refractivity (Wildman–Crippen MR) is 194 cm³/mol. The molecule has 2 unspecified atom stereocenters. The minimum Gasteiger partial charge on any atom is -0.327 e. The number of fused-ring (bicyclic) bond motifs is 2. The fourth-order valence-corrected chi connectivity index (χ4v) is 4.69. The van der Waals surface area contributed by atoms with Gasteiger partial charge in [0.05, 0.1) is 0 Å². The van der Waals surface area contributed by atoms with Crippen LogP contribution in [0.3, 0.4) is 0 Å². The molecule has 0 aliphatic carbocycles. The molecule has 2 radical (unpaired) electrons. The Balaban J connectivity index is -0.000000698. The van der Waals surface area contributed by atoms with Crippen LogP contribution in [0.2, 0.25) is 0 Å². The summed E-state index contributed by atoms with van der Waals surface area (Å²) < 4.78 is 0. The number of carbonyl (C=O) groups excluding carboxylic acids is 8.